The highest BCUT2D eigenvalue weighted by Gasteiger charge is 2.15. The monoisotopic (exact) mass is 319 g/mol. The molecule has 0 aliphatic rings. The van der Waals surface area contributed by atoms with E-state index in [0.29, 0.717) is 12.1 Å². The molecule has 7 heteroatoms. The van der Waals surface area contributed by atoms with Gasteiger partial charge in [0.2, 0.25) is 0 Å². The second kappa shape index (κ2) is 5.73. The Labute approximate surface area is 122 Å². The van der Waals surface area contributed by atoms with Gasteiger partial charge >= 0.3 is 0 Å². The molecular weight excluding hydrogens is 314 g/mol. The molecule has 0 fully saturated rings. The maximum Gasteiger partial charge on any atom is 0.257 e. The van der Waals surface area contributed by atoms with E-state index in [1.165, 1.54) is 12.1 Å². The standard InChI is InChI=1S/C13H6Cl2F3NO/c14-8-5-12(18)11(17)4-7(8)13(20)19-6-1-2-10(16)9(15)3-6/h1-5H,(H,19,20). The van der Waals surface area contributed by atoms with Crippen LogP contribution in [-0.4, -0.2) is 5.91 Å². The van der Waals surface area contributed by atoms with E-state index in [1.807, 2.05) is 0 Å². The van der Waals surface area contributed by atoms with Crippen LogP contribution in [0.1, 0.15) is 10.4 Å². The molecule has 104 valence electrons. The van der Waals surface area contributed by atoms with E-state index in [1.54, 1.807) is 0 Å². The average molecular weight is 320 g/mol. The summed E-state index contributed by atoms with van der Waals surface area (Å²) in [7, 11) is 0. The average Bonchev–Trinajstić information content (AvgIpc) is 2.38. The summed E-state index contributed by atoms with van der Waals surface area (Å²) < 4.78 is 39.0. The molecule has 0 radical (unpaired) electrons. The number of anilines is 1. The minimum Gasteiger partial charge on any atom is -0.322 e. The highest BCUT2D eigenvalue weighted by molar-refractivity contribution is 6.34. The first-order chi connectivity index (χ1) is 9.38. The molecule has 0 saturated heterocycles. The van der Waals surface area contributed by atoms with Crippen LogP contribution in [0.2, 0.25) is 10.0 Å². The molecule has 0 bridgehead atoms. The van der Waals surface area contributed by atoms with Crippen molar-refractivity contribution in [3.05, 3.63) is 63.4 Å². The van der Waals surface area contributed by atoms with E-state index in [2.05, 4.69) is 5.32 Å². The SMILES string of the molecule is O=C(Nc1ccc(F)c(Cl)c1)c1cc(F)c(F)cc1Cl. The van der Waals surface area contributed by atoms with Gasteiger partial charge in [0.05, 0.1) is 15.6 Å². The predicted octanol–water partition coefficient (Wildman–Crippen LogP) is 4.66. The van der Waals surface area contributed by atoms with Gasteiger partial charge in [0, 0.05) is 5.69 Å². The number of benzene rings is 2. The molecule has 2 rings (SSSR count). The molecule has 2 aromatic carbocycles. The van der Waals surface area contributed by atoms with Gasteiger partial charge in [-0.15, -0.1) is 0 Å². The molecule has 0 saturated carbocycles. The third kappa shape index (κ3) is 3.05. The Kier molecular flexibility index (Phi) is 4.20. The van der Waals surface area contributed by atoms with Crippen molar-refractivity contribution in [1.82, 2.24) is 0 Å². The molecule has 2 nitrogen and oxygen atoms in total. The lowest BCUT2D eigenvalue weighted by molar-refractivity contribution is 0.102. The molecule has 0 unspecified atom stereocenters. The number of rotatable bonds is 2. The molecule has 0 aromatic heterocycles. The summed E-state index contributed by atoms with van der Waals surface area (Å²) >= 11 is 11.2. The quantitative estimate of drug-likeness (QED) is 0.801. The first-order valence-electron chi connectivity index (χ1n) is 5.29. The zero-order chi connectivity index (χ0) is 14.9. The van der Waals surface area contributed by atoms with Gasteiger partial charge in [-0.3, -0.25) is 4.79 Å². The second-order valence-electron chi connectivity index (χ2n) is 3.83. The number of carbonyl (C=O) groups is 1. The zero-order valence-electron chi connectivity index (χ0n) is 9.68. The van der Waals surface area contributed by atoms with E-state index >= 15 is 0 Å². The van der Waals surface area contributed by atoms with Crippen LogP contribution in [0.15, 0.2) is 30.3 Å². The summed E-state index contributed by atoms with van der Waals surface area (Å²) in [4.78, 5) is 11.9. The molecule has 2 aromatic rings. The fourth-order valence-electron chi connectivity index (χ4n) is 1.47. The number of amides is 1. The summed E-state index contributed by atoms with van der Waals surface area (Å²) in [5.74, 6) is -3.76. The predicted molar refractivity (Wildman–Crippen MR) is 70.7 cm³/mol. The molecule has 0 atom stereocenters. The fourth-order valence-corrected chi connectivity index (χ4v) is 1.89. The second-order valence-corrected chi connectivity index (χ2v) is 4.64. The highest BCUT2D eigenvalue weighted by atomic mass is 35.5. The van der Waals surface area contributed by atoms with E-state index in [-0.39, 0.29) is 21.3 Å². The summed E-state index contributed by atoms with van der Waals surface area (Å²) in [6.45, 7) is 0. The lowest BCUT2D eigenvalue weighted by Crippen LogP contribution is -2.13. The van der Waals surface area contributed by atoms with Crippen LogP contribution in [0, 0.1) is 17.5 Å². The Hall–Kier alpha value is -1.72. The number of nitrogens with one attached hydrogen (secondary N) is 1. The van der Waals surface area contributed by atoms with Gasteiger partial charge < -0.3 is 5.32 Å². The number of hydrogen-bond acceptors (Lipinski definition) is 1. The molecule has 1 N–H and O–H groups in total. The van der Waals surface area contributed by atoms with Crippen LogP contribution in [-0.2, 0) is 0 Å². The summed E-state index contributed by atoms with van der Waals surface area (Å²) in [5.41, 5.74) is -0.0480. The smallest absolute Gasteiger partial charge is 0.257 e. The lowest BCUT2D eigenvalue weighted by atomic mass is 10.2. The van der Waals surface area contributed by atoms with E-state index in [4.69, 9.17) is 23.2 Å². The van der Waals surface area contributed by atoms with Crippen LogP contribution < -0.4 is 5.32 Å². The van der Waals surface area contributed by atoms with Crippen molar-refractivity contribution in [2.75, 3.05) is 5.32 Å². The fraction of sp³-hybridized carbons (Fsp3) is 0. The summed E-state index contributed by atoms with van der Waals surface area (Å²) in [6.07, 6.45) is 0. The molecule has 0 aliphatic heterocycles. The molecule has 0 heterocycles. The first-order valence-corrected chi connectivity index (χ1v) is 6.05. The van der Waals surface area contributed by atoms with Gasteiger partial charge in [-0.2, -0.15) is 0 Å². The molecular formula is C13H6Cl2F3NO. The number of halogens is 5. The van der Waals surface area contributed by atoms with E-state index in [0.717, 1.165) is 6.07 Å². The summed E-state index contributed by atoms with van der Waals surface area (Å²) in [6, 6.07) is 4.89. The van der Waals surface area contributed by atoms with Crippen molar-refractivity contribution in [2.45, 2.75) is 0 Å². The van der Waals surface area contributed by atoms with Crippen LogP contribution >= 0.6 is 23.2 Å². The van der Waals surface area contributed by atoms with Crippen LogP contribution in [0.25, 0.3) is 0 Å². The molecule has 0 spiro atoms. The minimum absolute atomic E-state index is 0.181. The lowest BCUT2D eigenvalue weighted by Gasteiger charge is -2.08. The van der Waals surface area contributed by atoms with Crippen molar-refractivity contribution in [2.24, 2.45) is 0 Å². The Bertz CT molecular complexity index is 692. The van der Waals surface area contributed by atoms with Gasteiger partial charge in [-0.05, 0) is 30.3 Å². The third-order valence-corrected chi connectivity index (χ3v) is 3.03. The van der Waals surface area contributed by atoms with Gasteiger partial charge in [0.1, 0.15) is 5.82 Å². The topological polar surface area (TPSA) is 29.1 Å². The number of carbonyl (C=O) groups excluding carboxylic acids is 1. The van der Waals surface area contributed by atoms with Crippen molar-refractivity contribution < 1.29 is 18.0 Å². The normalized spacial score (nSPS) is 10.4. The van der Waals surface area contributed by atoms with E-state index in [9.17, 15) is 18.0 Å². The van der Waals surface area contributed by atoms with Gasteiger partial charge in [-0.25, -0.2) is 13.2 Å². The van der Waals surface area contributed by atoms with Crippen LogP contribution in [0.4, 0.5) is 18.9 Å². The molecule has 0 aliphatic carbocycles. The maximum atomic E-state index is 13.1. The molecule has 20 heavy (non-hydrogen) atoms. The van der Waals surface area contributed by atoms with Gasteiger partial charge in [0.15, 0.2) is 11.6 Å². The Balaban J connectivity index is 2.28. The Morgan fingerprint density at radius 1 is 0.900 bits per heavy atom. The minimum atomic E-state index is -1.20. The highest BCUT2D eigenvalue weighted by Crippen LogP contribution is 2.23. The largest absolute Gasteiger partial charge is 0.322 e. The number of hydrogen-bond donors (Lipinski definition) is 1. The van der Waals surface area contributed by atoms with Gasteiger partial charge in [0.25, 0.3) is 5.91 Å². The van der Waals surface area contributed by atoms with Crippen molar-refractivity contribution in [1.29, 1.82) is 0 Å². The third-order valence-electron chi connectivity index (χ3n) is 2.43. The van der Waals surface area contributed by atoms with Crippen LogP contribution in [0.3, 0.4) is 0 Å². The van der Waals surface area contributed by atoms with Gasteiger partial charge in [-0.1, -0.05) is 23.2 Å². The van der Waals surface area contributed by atoms with Crippen molar-refractivity contribution >= 4 is 34.8 Å². The van der Waals surface area contributed by atoms with Crippen LogP contribution in [0.5, 0.6) is 0 Å². The van der Waals surface area contributed by atoms with Crippen molar-refractivity contribution in [3.8, 4) is 0 Å². The summed E-state index contributed by atoms with van der Waals surface area (Å²) in [5, 5.41) is 1.93. The molecule has 1 amide bonds. The van der Waals surface area contributed by atoms with Crippen molar-refractivity contribution in [3.63, 3.8) is 0 Å². The zero-order valence-corrected chi connectivity index (χ0v) is 11.2. The van der Waals surface area contributed by atoms with E-state index < -0.39 is 23.4 Å². The Morgan fingerprint density at radius 2 is 1.55 bits per heavy atom. The maximum absolute atomic E-state index is 13.1. The Morgan fingerprint density at radius 3 is 2.20 bits per heavy atom. The first kappa shape index (κ1) is 14.7.